The number of nitrogens with zero attached hydrogens (tertiary/aromatic N) is 3. The summed E-state index contributed by atoms with van der Waals surface area (Å²) in [4.78, 5) is 9.07. The Morgan fingerprint density at radius 1 is 0.806 bits per heavy atom. The van der Waals surface area contributed by atoms with Crippen LogP contribution in [0.15, 0.2) is 96.4 Å². The molecule has 0 aliphatic rings. The quantitative estimate of drug-likeness (QED) is 0.231. The zero-order valence-corrected chi connectivity index (χ0v) is 17.2. The maximum atomic E-state index is 13.9. The number of hydrogen-bond acceptors (Lipinski definition) is 3. The molecular formula is C25H17F2N3S. The Bertz CT molecular complexity index is 1350. The number of aromatic nitrogens is 3. The Balaban J connectivity index is 1.65. The molecule has 3 aromatic carbocycles. The Hall–Kier alpha value is -3.51. The lowest BCUT2D eigenvalue weighted by atomic mass is 10.1. The minimum absolute atomic E-state index is 0.253. The molecule has 0 saturated heterocycles. The van der Waals surface area contributed by atoms with E-state index in [0.717, 1.165) is 27.1 Å². The first-order valence-electron chi connectivity index (χ1n) is 9.74. The molecule has 5 rings (SSSR count). The SMILES string of the molecule is Fc1ccc(CSc2ncnc3c2c(-c2ccccc2)cn3-c2cccc(F)c2)cc1. The van der Waals surface area contributed by atoms with Gasteiger partial charge in [-0.05, 0) is 41.5 Å². The highest BCUT2D eigenvalue weighted by atomic mass is 32.2. The zero-order chi connectivity index (χ0) is 21.2. The van der Waals surface area contributed by atoms with Gasteiger partial charge in [-0.25, -0.2) is 18.7 Å². The van der Waals surface area contributed by atoms with Crippen LogP contribution in [0.1, 0.15) is 5.56 Å². The van der Waals surface area contributed by atoms with E-state index < -0.39 is 0 Å². The van der Waals surface area contributed by atoms with Gasteiger partial charge in [0.25, 0.3) is 0 Å². The van der Waals surface area contributed by atoms with E-state index in [1.165, 1.54) is 30.6 Å². The van der Waals surface area contributed by atoms with Gasteiger partial charge in [0.2, 0.25) is 0 Å². The molecule has 0 saturated carbocycles. The van der Waals surface area contributed by atoms with Gasteiger partial charge in [-0.1, -0.05) is 48.5 Å². The number of halogens is 2. The molecule has 0 unspecified atom stereocenters. The number of fused-ring (bicyclic) bond motifs is 1. The summed E-state index contributed by atoms with van der Waals surface area (Å²) in [6, 6.07) is 22.9. The van der Waals surface area contributed by atoms with Crippen molar-refractivity contribution in [1.82, 2.24) is 14.5 Å². The summed E-state index contributed by atoms with van der Waals surface area (Å²) >= 11 is 1.57. The van der Waals surface area contributed by atoms with E-state index in [9.17, 15) is 8.78 Å². The lowest BCUT2D eigenvalue weighted by molar-refractivity contribution is 0.626. The van der Waals surface area contributed by atoms with Crippen molar-refractivity contribution in [3.05, 3.63) is 109 Å². The van der Waals surface area contributed by atoms with Gasteiger partial charge in [0.05, 0.1) is 5.39 Å². The van der Waals surface area contributed by atoms with E-state index in [0.29, 0.717) is 17.1 Å². The van der Waals surface area contributed by atoms with Crippen LogP contribution in [0.2, 0.25) is 0 Å². The van der Waals surface area contributed by atoms with Crippen molar-refractivity contribution in [3.63, 3.8) is 0 Å². The predicted molar refractivity (Wildman–Crippen MR) is 120 cm³/mol. The second-order valence-electron chi connectivity index (χ2n) is 7.05. The standard InChI is InChI=1S/C25H17F2N3S/c26-19-11-9-17(10-12-19)15-31-25-23-22(18-5-2-1-3-6-18)14-30(24(23)28-16-29-25)21-8-4-7-20(27)13-21/h1-14,16H,15H2. The first-order valence-corrected chi connectivity index (χ1v) is 10.7. The zero-order valence-electron chi connectivity index (χ0n) is 16.4. The van der Waals surface area contributed by atoms with Crippen molar-refractivity contribution in [1.29, 1.82) is 0 Å². The molecule has 6 heteroatoms. The second kappa shape index (κ2) is 8.32. The number of benzene rings is 3. The smallest absolute Gasteiger partial charge is 0.149 e. The molecule has 0 aliphatic carbocycles. The van der Waals surface area contributed by atoms with Gasteiger partial charge in [-0.3, -0.25) is 0 Å². The minimum Gasteiger partial charge on any atom is -0.300 e. The van der Waals surface area contributed by atoms with Crippen LogP contribution >= 0.6 is 11.8 Å². The first kappa shape index (κ1) is 19.5. The molecule has 0 bridgehead atoms. The van der Waals surface area contributed by atoms with Gasteiger partial charge in [0.15, 0.2) is 0 Å². The van der Waals surface area contributed by atoms with E-state index in [2.05, 4.69) is 9.97 Å². The normalized spacial score (nSPS) is 11.2. The van der Waals surface area contributed by atoms with Gasteiger partial charge in [0, 0.05) is 23.2 Å². The average Bonchev–Trinajstić information content (AvgIpc) is 3.20. The molecule has 0 amide bonds. The molecule has 0 N–H and O–H groups in total. The lowest BCUT2D eigenvalue weighted by Gasteiger charge is -2.07. The third-order valence-corrected chi connectivity index (χ3v) is 6.07. The van der Waals surface area contributed by atoms with Crippen molar-refractivity contribution in [2.45, 2.75) is 10.8 Å². The fourth-order valence-electron chi connectivity index (χ4n) is 3.53. The molecule has 0 radical (unpaired) electrons. The predicted octanol–water partition coefficient (Wildman–Crippen LogP) is 6.66. The highest BCUT2D eigenvalue weighted by Gasteiger charge is 2.18. The molecule has 0 fully saturated rings. The molecular weight excluding hydrogens is 412 g/mol. The van der Waals surface area contributed by atoms with Crippen LogP contribution in [-0.4, -0.2) is 14.5 Å². The van der Waals surface area contributed by atoms with Crippen LogP contribution in [-0.2, 0) is 5.75 Å². The highest BCUT2D eigenvalue weighted by Crippen LogP contribution is 2.37. The summed E-state index contributed by atoms with van der Waals surface area (Å²) in [5.41, 5.74) is 4.41. The summed E-state index contributed by atoms with van der Waals surface area (Å²) in [5, 5.41) is 1.73. The van der Waals surface area contributed by atoms with Crippen LogP contribution in [0.3, 0.4) is 0 Å². The Kier molecular flexibility index (Phi) is 5.22. The summed E-state index contributed by atoms with van der Waals surface area (Å²) in [6.07, 6.45) is 3.51. The topological polar surface area (TPSA) is 30.7 Å². The van der Waals surface area contributed by atoms with Gasteiger partial charge >= 0.3 is 0 Å². The molecule has 3 nitrogen and oxygen atoms in total. The molecule has 152 valence electrons. The summed E-state index contributed by atoms with van der Waals surface area (Å²) < 4.78 is 29.0. The Labute approximate surface area is 182 Å². The monoisotopic (exact) mass is 429 g/mol. The van der Waals surface area contributed by atoms with Crippen LogP contribution in [0.25, 0.3) is 27.8 Å². The third-order valence-electron chi connectivity index (χ3n) is 5.01. The van der Waals surface area contributed by atoms with Gasteiger partial charge in [-0.2, -0.15) is 0 Å². The Morgan fingerprint density at radius 3 is 2.39 bits per heavy atom. The number of hydrogen-bond donors (Lipinski definition) is 0. The van der Waals surface area contributed by atoms with Crippen molar-refractivity contribution in [2.24, 2.45) is 0 Å². The molecule has 5 aromatic rings. The molecule has 31 heavy (non-hydrogen) atoms. The minimum atomic E-state index is -0.305. The van der Waals surface area contributed by atoms with Crippen LogP contribution in [0.5, 0.6) is 0 Å². The lowest BCUT2D eigenvalue weighted by Crippen LogP contribution is -1.95. The summed E-state index contributed by atoms with van der Waals surface area (Å²) in [5.74, 6) is 0.0865. The average molecular weight is 429 g/mol. The maximum absolute atomic E-state index is 13.9. The van der Waals surface area contributed by atoms with E-state index in [-0.39, 0.29) is 11.6 Å². The van der Waals surface area contributed by atoms with Gasteiger partial charge < -0.3 is 4.57 Å². The largest absolute Gasteiger partial charge is 0.300 e. The molecule has 0 spiro atoms. The highest BCUT2D eigenvalue weighted by molar-refractivity contribution is 7.98. The van der Waals surface area contributed by atoms with Crippen LogP contribution in [0, 0.1) is 11.6 Å². The molecule has 2 heterocycles. The van der Waals surface area contributed by atoms with Crippen molar-refractivity contribution >= 4 is 22.8 Å². The fourth-order valence-corrected chi connectivity index (χ4v) is 4.50. The summed E-state index contributed by atoms with van der Waals surface area (Å²) in [6.45, 7) is 0. The van der Waals surface area contributed by atoms with Crippen LogP contribution in [0.4, 0.5) is 8.78 Å². The molecule has 0 atom stereocenters. The summed E-state index contributed by atoms with van der Waals surface area (Å²) in [7, 11) is 0. The van der Waals surface area contributed by atoms with Crippen molar-refractivity contribution in [3.8, 4) is 16.8 Å². The Morgan fingerprint density at radius 2 is 1.61 bits per heavy atom. The second-order valence-corrected chi connectivity index (χ2v) is 8.02. The van der Waals surface area contributed by atoms with Crippen molar-refractivity contribution in [2.75, 3.05) is 0 Å². The number of rotatable bonds is 5. The molecule has 2 aromatic heterocycles. The van der Waals surface area contributed by atoms with Gasteiger partial charge in [-0.15, -0.1) is 11.8 Å². The van der Waals surface area contributed by atoms with E-state index >= 15 is 0 Å². The van der Waals surface area contributed by atoms with Crippen LogP contribution < -0.4 is 0 Å². The van der Waals surface area contributed by atoms with E-state index in [4.69, 9.17) is 0 Å². The number of thioether (sulfide) groups is 1. The first-order chi connectivity index (χ1) is 15.2. The van der Waals surface area contributed by atoms with Gasteiger partial charge in [0.1, 0.15) is 28.6 Å². The van der Waals surface area contributed by atoms with E-state index in [1.54, 1.807) is 30.0 Å². The third kappa shape index (κ3) is 3.94. The molecule has 0 aliphatic heterocycles. The maximum Gasteiger partial charge on any atom is 0.149 e. The van der Waals surface area contributed by atoms with E-state index in [1.807, 2.05) is 47.2 Å². The van der Waals surface area contributed by atoms with Crippen molar-refractivity contribution < 1.29 is 8.78 Å². The fraction of sp³-hybridized carbons (Fsp3) is 0.0400.